The summed E-state index contributed by atoms with van der Waals surface area (Å²) >= 11 is 0. The summed E-state index contributed by atoms with van der Waals surface area (Å²) in [6, 6.07) is 5.41. The molecule has 0 spiro atoms. The van der Waals surface area contributed by atoms with Gasteiger partial charge in [0.2, 0.25) is 11.8 Å². The van der Waals surface area contributed by atoms with Crippen LogP contribution in [0, 0.1) is 0 Å². The van der Waals surface area contributed by atoms with E-state index in [9.17, 15) is 14.4 Å². The number of aliphatic carboxylic acids is 1. The van der Waals surface area contributed by atoms with Gasteiger partial charge >= 0.3 is 5.97 Å². The average Bonchev–Trinajstić information content (AvgIpc) is 2.45. The molecule has 114 valence electrons. The smallest absolute Gasteiger partial charge is 0.326 e. The van der Waals surface area contributed by atoms with Crippen molar-refractivity contribution in [2.24, 2.45) is 5.73 Å². The number of hydrogen-bond donors (Lipinski definition) is 2. The molecule has 1 atom stereocenters. The maximum atomic E-state index is 11.8. The van der Waals surface area contributed by atoms with Gasteiger partial charge in [-0.25, -0.2) is 4.79 Å². The van der Waals surface area contributed by atoms with Gasteiger partial charge in [-0.15, -0.1) is 0 Å². The van der Waals surface area contributed by atoms with E-state index in [0.717, 1.165) is 4.90 Å². The predicted octanol–water partition coefficient (Wildman–Crippen LogP) is 0.486. The standard InChI is InChI=1S/C14H18N2O5/c1-9(14(19)20)16(2)12(17)6-7-21-11-5-3-4-10(8-11)13(15)18/h3-5,8-9H,6-7H2,1-2H3,(H2,15,18)(H,19,20). The van der Waals surface area contributed by atoms with E-state index < -0.39 is 17.9 Å². The molecule has 21 heavy (non-hydrogen) atoms. The van der Waals surface area contributed by atoms with E-state index >= 15 is 0 Å². The Morgan fingerprint density at radius 1 is 1.38 bits per heavy atom. The molecule has 1 aromatic carbocycles. The summed E-state index contributed by atoms with van der Waals surface area (Å²) in [5, 5.41) is 8.82. The highest BCUT2D eigenvalue weighted by Crippen LogP contribution is 2.13. The van der Waals surface area contributed by atoms with Gasteiger partial charge < -0.3 is 20.5 Å². The number of carbonyl (C=O) groups is 3. The summed E-state index contributed by atoms with van der Waals surface area (Å²) in [6.07, 6.45) is 0.0366. The number of nitrogens with two attached hydrogens (primary N) is 1. The van der Waals surface area contributed by atoms with Crippen molar-refractivity contribution in [1.82, 2.24) is 4.90 Å². The Bertz CT molecular complexity index is 544. The molecule has 0 saturated heterocycles. The average molecular weight is 294 g/mol. The molecule has 0 aliphatic rings. The number of hydrogen-bond acceptors (Lipinski definition) is 4. The van der Waals surface area contributed by atoms with Crippen molar-refractivity contribution < 1.29 is 24.2 Å². The van der Waals surface area contributed by atoms with E-state index in [-0.39, 0.29) is 18.9 Å². The number of carbonyl (C=O) groups excluding carboxylic acids is 2. The number of nitrogens with zero attached hydrogens (tertiary/aromatic N) is 1. The second kappa shape index (κ2) is 7.28. The molecule has 3 N–H and O–H groups in total. The first-order valence-electron chi connectivity index (χ1n) is 6.34. The fourth-order valence-corrected chi connectivity index (χ4v) is 1.55. The first-order chi connectivity index (χ1) is 9.82. The van der Waals surface area contributed by atoms with E-state index in [0.29, 0.717) is 11.3 Å². The van der Waals surface area contributed by atoms with E-state index in [1.165, 1.54) is 20.0 Å². The lowest BCUT2D eigenvalue weighted by molar-refractivity contribution is -0.148. The van der Waals surface area contributed by atoms with Crippen LogP contribution in [-0.4, -0.2) is 47.5 Å². The van der Waals surface area contributed by atoms with Crippen molar-refractivity contribution in [1.29, 1.82) is 0 Å². The molecule has 1 rings (SSSR count). The summed E-state index contributed by atoms with van der Waals surface area (Å²) in [4.78, 5) is 34.7. The molecule has 0 bridgehead atoms. The number of carboxylic acids is 1. The van der Waals surface area contributed by atoms with Gasteiger partial charge in [0.05, 0.1) is 13.0 Å². The molecule has 2 amide bonds. The van der Waals surface area contributed by atoms with Crippen LogP contribution in [0.25, 0.3) is 0 Å². The molecule has 7 nitrogen and oxygen atoms in total. The van der Waals surface area contributed by atoms with Gasteiger partial charge in [-0.05, 0) is 25.1 Å². The zero-order chi connectivity index (χ0) is 16.0. The second-order valence-corrected chi connectivity index (χ2v) is 4.51. The highest BCUT2D eigenvalue weighted by Gasteiger charge is 2.21. The zero-order valence-corrected chi connectivity index (χ0v) is 11.9. The quantitative estimate of drug-likeness (QED) is 0.760. The molecular formula is C14H18N2O5. The van der Waals surface area contributed by atoms with E-state index in [1.54, 1.807) is 18.2 Å². The Labute approximate surface area is 122 Å². The topological polar surface area (TPSA) is 110 Å². The molecule has 1 unspecified atom stereocenters. The minimum Gasteiger partial charge on any atom is -0.493 e. The van der Waals surface area contributed by atoms with Crippen molar-refractivity contribution in [2.75, 3.05) is 13.7 Å². The van der Waals surface area contributed by atoms with Crippen molar-refractivity contribution >= 4 is 17.8 Å². The minimum absolute atomic E-state index is 0.0366. The van der Waals surface area contributed by atoms with E-state index in [2.05, 4.69) is 0 Å². The van der Waals surface area contributed by atoms with Crippen LogP contribution in [0.3, 0.4) is 0 Å². The third kappa shape index (κ3) is 4.79. The van der Waals surface area contributed by atoms with Crippen molar-refractivity contribution in [3.63, 3.8) is 0 Å². The summed E-state index contributed by atoms with van der Waals surface area (Å²) in [6.45, 7) is 1.51. The molecule has 0 aliphatic heterocycles. The monoisotopic (exact) mass is 294 g/mol. The Kier molecular flexibility index (Phi) is 5.71. The lowest BCUT2D eigenvalue weighted by atomic mass is 10.2. The largest absolute Gasteiger partial charge is 0.493 e. The van der Waals surface area contributed by atoms with Gasteiger partial charge in [0.15, 0.2) is 0 Å². The van der Waals surface area contributed by atoms with Gasteiger partial charge in [0.25, 0.3) is 0 Å². The molecule has 0 fully saturated rings. The normalized spacial score (nSPS) is 11.5. The third-order valence-corrected chi connectivity index (χ3v) is 3.03. The zero-order valence-electron chi connectivity index (χ0n) is 11.9. The third-order valence-electron chi connectivity index (χ3n) is 3.03. The maximum Gasteiger partial charge on any atom is 0.326 e. The fourth-order valence-electron chi connectivity index (χ4n) is 1.55. The Morgan fingerprint density at radius 2 is 2.05 bits per heavy atom. The molecule has 0 heterocycles. The highest BCUT2D eigenvalue weighted by atomic mass is 16.5. The van der Waals surface area contributed by atoms with Crippen LogP contribution in [0.2, 0.25) is 0 Å². The highest BCUT2D eigenvalue weighted by molar-refractivity contribution is 5.93. The summed E-state index contributed by atoms with van der Waals surface area (Å²) in [5.41, 5.74) is 5.47. The molecule has 1 aromatic rings. The number of amides is 2. The van der Waals surface area contributed by atoms with Gasteiger partial charge in [-0.3, -0.25) is 9.59 Å². The summed E-state index contributed by atoms with van der Waals surface area (Å²) in [5.74, 6) is -1.54. The van der Waals surface area contributed by atoms with Crippen LogP contribution in [-0.2, 0) is 9.59 Å². The first kappa shape index (κ1) is 16.5. The van der Waals surface area contributed by atoms with E-state index in [4.69, 9.17) is 15.6 Å². The number of carboxylic acid groups (broad SMARTS) is 1. The summed E-state index contributed by atoms with van der Waals surface area (Å²) in [7, 11) is 1.43. The molecule has 0 aromatic heterocycles. The Hall–Kier alpha value is -2.57. The van der Waals surface area contributed by atoms with Gasteiger partial charge in [0, 0.05) is 12.6 Å². The Balaban J connectivity index is 2.50. The molecule has 0 aliphatic carbocycles. The predicted molar refractivity (Wildman–Crippen MR) is 74.9 cm³/mol. The van der Waals surface area contributed by atoms with E-state index in [1.807, 2.05) is 0 Å². The minimum atomic E-state index is -1.07. The van der Waals surface area contributed by atoms with Crippen LogP contribution in [0.1, 0.15) is 23.7 Å². The van der Waals surface area contributed by atoms with Gasteiger partial charge in [0.1, 0.15) is 11.8 Å². The molecule has 0 saturated carbocycles. The number of likely N-dealkylation sites (N-methyl/N-ethyl adjacent to an activating group) is 1. The Morgan fingerprint density at radius 3 is 2.62 bits per heavy atom. The lowest BCUT2D eigenvalue weighted by Crippen LogP contribution is -2.40. The van der Waals surface area contributed by atoms with Crippen LogP contribution in [0.15, 0.2) is 24.3 Å². The van der Waals surface area contributed by atoms with Crippen molar-refractivity contribution in [3.8, 4) is 5.75 Å². The van der Waals surface area contributed by atoms with Crippen LogP contribution >= 0.6 is 0 Å². The molecule has 7 heteroatoms. The SMILES string of the molecule is CC(C(=O)O)N(C)C(=O)CCOc1cccc(C(N)=O)c1. The van der Waals surface area contributed by atoms with Crippen LogP contribution in [0.4, 0.5) is 0 Å². The number of primary amides is 1. The second-order valence-electron chi connectivity index (χ2n) is 4.51. The maximum absolute atomic E-state index is 11.8. The van der Waals surface area contributed by atoms with Crippen LogP contribution < -0.4 is 10.5 Å². The van der Waals surface area contributed by atoms with Gasteiger partial charge in [-0.2, -0.15) is 0 Å². The van der Waals surface area contributed by atoms with Crippen LogP contribution in [0.5, 0.6) is 5.75 Å². The fraction of sp³-hybridized carbons (Fsp3) is 0.357. The molecule has 0 radical (unpaired) electrons. The molecular weight excluding hydrogens is 276 g/mol. The number of rotatable bonds is 7. The van der Waals surface area contributed by atoms with Gasteiger partial charge in [-0.1, -0.05) is 6.07 Å². The number of ether oxygens (including phenoxy) is 1. The lowest BCUT2D eigenvalue weighted by Gasteiger charge is -2.21. The van der Waals surface area contributed by atoms with Crippen molar-refractivity contribution in [2.45, 2.75) is 19.4 Å². The first-order valence-corrected chi connectivity index (χ1v) is 6.34. The van der Waals surface area contributed by atoms with Crippen molar-refractivity contribution in [3.05, 3.63) is 29.8 Å². The number of benzene rings is 1. The summed E-state index contributed by atoms with van der Waals surface area (Å²) < 4.78 is 5.36.